The fourth-order valence-corrected chi connectivity index (χ4v) is 7.75. The van der Waals surface area contributed by atoms with Gasteiger partial charge in [-0.05, 0) is 47.3 Å². The van der Waals surface area contributed by atoms with E-state index in [2.05, 4.69) is 156 Å². The van der Waals surface area contributed by atoms with Crippen molar-refractivity contribution >= 4 is 90.3 Å². The minimum absolute atomic E-state index is 0.0691. The molecule has 3 aromatic heterocycles. The Labute approximate surface area is 260 Å². The van der Waals surface area contributed by atoms with Gasteiger partial charge in [-0.3, -0.25) is 0 Å². The van der Waals surface area contributed by atoms with Gasteiger partial charge in [0.2, 0.25) is 0 Å². The molecule has 0 fully saturated rings. The second-order valence-corrected chi connectivity index (χ2v) is 12.0. The molecule has 9 aromatic rings. The summed E-state index contributed by atoms with van der Waals surface area (Å²) in [7, 11) is 0. The van der Waals surface area contributed by atoms with Crippen LogP contribution in [0.1, 0.15) is 0 Å². The third-order valence-electron chi connectivity index (χ3n) is 9.62. The summed E-state index contributed by atoms with van der Waals surface area (Å²) in [6, 6.07) is 53.9. The number of fused-ring (bicyclic) bond motifs is 9. The van der Waals surface area contributed by atoms with Crippen molar-refractivity contribution in [2.45, 2.75) is 0 Å². The van der Waals surface area contributed by atoms with Crippen molar-refractivity contribution in [3.8, 4) is 5.69 Å². The fourth-order valence-electron chi connectivity index (χ4n) is 7.75. The predicted molar refractivity (Wildman–Crippen MR) is 189 cm³/mol. The molecule has 0 N–H and O–H groups in total. The quantitative estimate of drug-likeness (QED) is 0.257. The van der Waals surface area contributed by atoms with Gasteiger partial charge in [0.25, 0.3) is 13.4 Å². The Bertz CT molecular complexity index is 2500. The summed E-state index contributed by atoms with van der Waals surface area (Å²) >= 11 is 0. The van der Waals surface area contributed by atoms with Crippen molar-refractivity contribution in [2.24, 2.45) is 0 Å². The van der Waals surface area contributed by atoms with Crippen LogP contribution in [-0.2, 0) is 0 Å². The van der Waals surface area contributed by atoms with Crippen molar-refractivity contribution in [1.82, 2.24) is 4.57 Å². The number of benzene rings is 6. The van der Waals surface area contributed by atoms with E-state index in [1.165, 1.54) is 43.7 Å². The minimum Gasteiger partial charge on any atom is -0.471 e. The molecule has 1 aliphatic rings. The highest BCUT2D eigenvalue weighted by Crippen LogP contribution is 2.31. The molecule has 45 heavy (non-hydrogen) atoms. The Morgan fingerprint density at radius 1 is 0.378 bits per heavy atom. The van der Waals surface area contributed by atoms with Crippen LogP contribution in [0.4, 0.5) is 0 Å². The zero-order valence-corrected chi connectivity index (χ0v) is 24.4. The van der Waals surface area contributed by atoms with E-state index in [1.807, 2.05) is 0 Å². The van der Waals surface area contributed by atoms with Crippen LogP contribution in [0.3, 0.4) is 0 Å². The highest BCUT2D eigenvalue weighted by atomic mass is 16.3. The van der Waals surface area contributed by atoms with Crippen LogP contribution in [-0.4, -0.2) is 18.0 Å². The molecule has 0 aliphatic carbocycles. The van der Waals surface area contributed by atoms with E-state index in [0.717, 1.165) is 38.9 Å². The van der Waals surface area contributed by atoms with E-state index in [1.54, 1.807) is 0 Å². The van der Waals surface area contributed by atoms with Gasteiger partial charge in [0, 0.05) is 27.2 Å². The zero-order chi connectivity index (χ0) is 29.5. The standard InChI is InChI=1S/C40H25B2NO2/c1-2-12-26(13-3-1)41-37-31-16-6-10-20-35(31)45-40(37)42(38-32-17-7-11-21-36(32)44-39(38)41)27-22-24-28(25-23-27)43-33-18-8-4-14-29(33)30-15-5-9-19-34(30)43/h1-25H. The summed E-state index contributed by atoms with van der Waals surface area (Å²) in [6.45, 7) is -0.182. The summed E-state index contributed by atoms with van der Waals surface area (Å²) < 4.78 is 16.0. The Kier molecular flexibility index (Phi) is 5.17. The summed E-state index contributed by atoms with van der Waals surface area (Å²) in [4.78, 5) is 0. The predicted octanol–water partition coefficient (Wildman–Crippen LogP) is 5.62. The van der Waals surface area contributed by atoms with E-state index >= 15 is 0 Å². The molecular formula is C40H25B2NO2. The third-order valence-corrected chi connectivity index (χ3v) is 9.62. The monoisotopic (exact) mass is 573 g/mol. The van der Waals surface area contributed by atoms with Gasteiger partial charge in [-0.15, -0.1) is 0 Å². The van der Waals surface area contributed by atoms with E-state index in [-0.39, 0.29) is 13.4 Å². The number of nitrogens with zero attached hydrogens (tertiary/aromatic N) is 1. The summed E-state index contributed by atoms with van der Waals surface area (Å²) in [5.41, 5.74) is 12.1. The number of aromatic nitrogens is 1. The third kappa shape index (κ3) is 3.49. The van der Waals surface area contributed by atoms with Crippen molar-refractivity contribution in [3.05, 3.63) is 152 Å². The number of hydrogen-bond donors (Lipinski definition) is 0. The molecule has 0 saturated carbocycles. The van der Waals surface area contributed by atoms with Crippen LogP contribution in [0.2, 0.25) is 0 Å². The van der Waals surface area contributed by atoms with Crippen LogP contribution >= 0.6 is 0 Å². The molecule has 0 saturated heterocycles. The first-order valence-corrected chi connectivity index (χ1v) is 15.5. The first kappa shape index (κ1) is 24.7. The maximum Gasteiger partial charge on any atom is 0.290 e. The first-order valence-electron chi connectivity index (χ1n) is 15.5. The lowest BCUT2D eigenvalue weighted by Crippen LogP contribution is -2.73. The molecule has 6 aromatic carbocycles. The van der Waals surface area contributed by atoms with Gasteiger partial charge in [0.1, 0.15) is 11.2 Å². The van der Waals surface area contributed by atoms with Crippen molar-refractivity contribution in [2.75, 3.05) is 0 Å². The Morgan fingerprint density at radius 2 is 0.800 bits per heavy atom. The Balaban J connectivity index is 1.23. The fraction of sp³-hybridized carbons (Fsp3) is 0. The smallest absolute Gasteiger partial charge is 0.290 e. The van der Waals surface area contributed by atoms with E-state index < -0.39 is 0 Å². The molecule has 10 rings (SSSR count). The van der Waals surface area contributed by atoms with Crippen molar-refractivity contribution < 1.29 is 8.83 Å². The molecule has 4 heterocycles. The summed E-state index contributed by atoms with van der Waals surface area (Å²) in [5.74, 6) is 0. The van der Waals surface area contributed by atoms with Crippen LogP contribution < -0.4 is 33.2 Å². The maximum atomic E-state index is 6.86. The average Bonchev–Trinajstić information content (AvgIpc) is 3.78. The van der Waals surface area contributed by atoms with Crippen LogP contribution in [0.5, 0.6) is 0 Å². The van der Waals surface area contributed by atoms with Gasteiger partial charge in [-0.25, -0.2) is 0 Å². The number of furan rings is 2. The van der Waals surface area contributed by atoms with Gasteiger partial charge in [0.05, 0.1) is 22.4 Å². The van der Waals surface area contributed by atoms with Crippen LogP contribution in [0, 0.1) is 0 Å². The first-order chi connectivity index (χ1) is 22.3. The molecule has 0 spiro atoms. The highest BCUT2D eigenvalue weighted by molar-refractivity contribution is 7.12. The lowest BCUT2D eigenvalue weighted by molar-refractivity contribution is 0.647. The minimum atomic E-state index is -0.113. The van der Waals surface area contributed by atoms with Crippen LogP contribution in [0.15, 0.2) is 160 Å². The Hall–Kier alpha value is -5.67. The van der Waals surface area contributed by atoms with Crippen molar-refractivity contribution in [3.63, 3.8) is 0 Å². The zero-order valence-electron chi connectivity index (χ0n) is 24.4. The SMILES string of the molecule is c1ccc(B2c3oc4ccccc4c3B(c3ccc(-n4c5ccccc5c5ccccc54)cc3)c3oc4ccccc4c32)cc1. The second kappa shape index (κ2) is 9.41. The maximum absolute atomic E-state index is 6.86. The lowest BCUT2D eigenvalue weighted by atomic mass is 9.24. The molecule has 0 amide bonds. The van der Waals surface area contributed by atoms with Crippen molar-refractivity contribution in [1.29, 1.82) is 0 Å². The summed E-state index contributed by atoms with van der Waals surface area (Å²) in [6.07, 6.45) is 0. The molecule has 0 unspecified atom stereocenters. The molecular weight excluding hydrogens is 548 g/mol. The average molecular weight is 573 g/mol. The largest absolute Gasteiger partial charge is 0.471 e. The highest BCUT2D eigenvalue weighted by Gasteiger charge is 2.46. The summed E-state index contributed by atoms with van der Waals surface area (Å²) in [5, 5.41) is 4.80. The lowest BCUT2D eigenvalue weighted by Gasteiger charge is -2.25. The van der Waals surface area contributed by atoms with E-state index in [0.29, 0.717) is 0 Å². The topological polar surface area (TPSA) is 31.2 Å². The van der Waals surface area contributed by atoms with Gasteiger partial charge in [0.15, 0.2) is 0 Å². The van der Waals surface area contributed by atoms with E-state index in [4.69, 9.17) is 8.83 Å². The number of rotatable bonds is 3. The van der Waals surface area contributed by atoms with Gasteiger partial charge >= 0.3 is 0 Å². The number of hydrogen-bond acceptors (Lipinski definition) is 2. The molecule has 5 heteroatoms. The Morgan fingerprint density at radius 3 is 1.33 bits per heavy atom. The van der Waals surface area contributed by atoms with Gasteiger partial charge in [-0.2, -0.15) is 0 Å². The van der Waals surface area contributed by atoms with Gasteiger partial charge in [-0.1, -0.05) is 126 Å². The molecule has 0 bridgehead atoms. The molecule has 1 aliphatic heterocycles. The normalized spacial score (nSPS) is 12.8. The molecule has 0 atom stereocenters. The van der Waals surface area contributed by atoms with Gasteiger partial charge < -0.3 is 13.4 Å². The molecule has 0 radical (unpaired) electrons. The number of para-hydroxylation sites is 4. The van der Waals surface area contributed by atoms with E-state index in [9.17, 15) is 0 Å². The molecule has 3 nitrogen and oxygen atoms in total. The second-order valence-electron chi connectivity index (χ2n) is 12.0. The molecule has 208 valence electrons. The van der Waals surface area contributed by atoms with Crippen LogP contribution in [0.25, 0.3) is 49.4 Å².